The van der Waals surface area contributed by atoms with E-state index in [1.165, 1.54) is 0 Å². The van der Waals surface area contributed by atoms with Crippen LogP contribution in [0.5, 0.6) is 0 Å². The van der Waals surface area contributed by atoms with Gasteiger partial charge in [-0.05, 0) is 0 Å². The van der Waals surface area contributed by atoms with Crippen molar-refractivity contribution in [3.8, 4) is 0 Å². The van der Waals surface area contributed by atoms with Crippen LogP contribution in [0.15, 0.2) is 0 Å². The standard InChI is InChI=1S/3Na.6H2O3Si.3H/c;;;6*1-4(2)3;;;/h;;;6*1-2H;;;. The third kappa shape index (κ3) is 33100. The Bertz CT molecular complexity index is 264. The summed E-state index contributed by atoms with van der Waals surface area (Å²) in [5.74, 6) is 0. The Hall–Kier alpha value is 0.701. The molecule has 0 aliphatic heterocycles. The molecule has 0 saturated carbocycles. The van der Waals surface area contributed by atoms with Gasteiger partial charge < -0.3 is 57.5 Å². The molecule has 27 heteroatoms. The molecule has 0 radical (unpaired) electrons. The molecular weight excluding hydrogens is 525 g/mol. The molecule has 0 atom stereocenters. The molecular formula is H15Na3O18Si6. The molecule has 0 bridgehead atoms. The first kappa shape index (κ1) is 56.5. The molecule has 0 aromatic carbocycles. The van der Waals surface area contributed by atoms with Crippen molar-refractivity contribution >= 4 is 144 Å². The fourth-order valence-electron chi connectivity index (χ4n) is 0. The Kier molecular flexibility index (Phi) is 105. The first-order valence-corrected chi connectivity index (χ1v) is 11.7. The van der Waals surface area contributed by atoms with E-state index in [0.29, 0.717) is 0 Å². The van der Waals surface area contributed by atoms with Crippen molar-refractivity contribution in [2.24, 2.45) is 0 Å². The molecule has 150 valence electrons. The van der Waals surface area contributed by atoms with Gasteiger partial charge in [-0.3, -0.25) is 26.8 Å². The average Bonchev–Trinajstić information content (AvgIpc) is 2.08. The van der Waals surface area contributed by atoms with Gasteiger partial charge in [-0.25, -0.2) is 0 Å². The Morgan fingerprint density at radius 3 is 0.259 bits per heavy atom. The Labute approximate surface area is 225 Å². The quantitative estimate of drug-likeness (QED) is 0.127. The van der Waals surface area contributed by atoms with Crippen molar-refractivity contribution in [2.75, 3.05) is 0 Å². The maximum atomic E-state index is 8.74. The van der Waals surface area contributed by atoms with Gasteiger partial charge in [0, 0.05) is 0 Å². The molecule has 27 heavy (non-hydrogen) atoms. The van der Waals surface area contributed by atoms with E-state index in [2.05, 4.69) is 0 Å². The van der Waals surface area contributed by atoms with Crippen LogP contribution in [0, 0.1) is 0 Å². The van der Waals surface area contributed by atoms with Gasteiger partial charge >= 0.3 is 144 Å². The molecule has 0 aromatic rings. The van der Waals surface area contributed by atoms with E-state index >= 15 is 0 Å². The molecule has 0 fully saturated rings. The second-order valence-electron chi connectivity index (χ2n) is 1.70. The zero-order valence-corrected chi connectivity index (χ0v) is 16.8. The van der Waals surface area contributed by atoms with Crippen LogP contribution in [0.2, 0.25) is 0 Å². The zero-order valence-electron chi connectivity index (χ0n) is 10.8. The fourth-order valence-corrected chi connectivity index (χ4v) is 0. The first-order chi connectivity index (χ1) is 10.4. The van der Waals surface area contributed by atoms with Crippen LogP contribution >= 0.6 is 0 Å². The Balaban J connectivity index is -0.0000000201. The molecule has 0 unspecified atom stereocenters. The monoisotopic (exact) mass is 540 g/mol. The predicted octanol–water partition coefficient (Wildman–Crippen LogP) is -11.6. The summed E-state index contributed by atoms with van der Waals surface area (Å²) < 4.78 is 52.4. The van der Waals surface area contributed by atoms with Crippen LogP contribution < -0.4 is 0 Å². The summed E-state index contributed by atoms with van der Waals surface area (Å²) in [5, 5.41) is 0. The van der Waals surface area contributed by atoms with Gasteiger partial charge in [-0.15, -0.1) is 0 Å². The molecule has 18 nitrogen and oxygen atoms in total. The summed E-state index contributed by atoms with van der Waals surface area (Å²) >= 11 is 0. The van der Waals surface area contributed by atoms with Crippen LogP contribution in [0.25, 0.3) is 0 Å². The van der Waals surface area contributed by atoms with Crippen molar-refractivity contribution < 1.29 is 84.3 Å². The summed E-state index contributed by atoms with van der Waals surface area (Å²) in [6.07, 6.45) is 0. The van der Waals surface area contributed by atoms with Crippen molar-refractivity contribution in [3.63, 3.8) is 0 Å². The van der Waals surface area contributed by atoms with Gasteiger partial charge in [0.25, 0.3) is 0 Å². The van der Waals surface area contributed by atoms with Gasteiger partial charge in [-0.2, -0.15) is 0 Å². The van der Waals surface area contributed by atoms with E-state index in [4.69, 9.17) is 84.3 Å². The SMILES string of the molecule is O=[Si](O)O.O=[Si](O)O.O=[Si](O)O.O=[Si](O)O.O=[Si](O)O.O=[Si](O)O.[NaH].[NaH].[NaH]. The zero-order chi connectivity index (χ0) is 21.5. The fraction of sp³-hybridized carbons (Fsp3) is 0. The van der Waals surface area contributed by atoms with Crippen LogP contribution in [-0.4, -0.2) is 201 Å². The predicted molar refractivity (Wildman–Crippen MR) is 86.7 cm³/mol. The number of hydrogen-bond donors (Lipinski definition) is 12. The van der Waals surface area contributed by atoms with E-state index in [1.54, 1.807) is 0 Å². The number of hydrogen-bond acceptors (Lipinski definition) is 6. The molecule has 0 aromatic heterocycles. The first-order valence-electron chi connectivity index (χ1n) is 3.91. The summed E-state index contributed by atoms with van der Waals surface area (Å²) in [4.78, 5) is 85.9. The van der Waals surface area contributed by atoms with E-state index in [0.717, 1.165) is 0 Å². The van der Waals surface area contributed by atoms with Crippen molar-refractivity contribution in [1.82, 2.24) is 0 Å². The summed E-state index contributed by atoms with van der Waals surface area (Å²) in [6.45, 7) is 0. The molecule has 0 amide bonds. The normalized spacial score (nSPS) is 5.33. The van der Waals surface area contributed by atoms with Gasteiger partial charge in [0.15, 0.2) is 0 Å². The van der Waals surface area contributed by atoms with Crippen molar-refractivity contribution in [2.45, 2.75) is 0 Å². The van der Waals surface area contributed by atoms with E-state index in [-0.39, 0.29) is 88.7 Å². The van der Waals surface area contributed by atoms with Gasteiger partial charge in [0.2, 0.25) is 0 Å². The van der Waals surface area contributed by atoms with Crippen LogP contribution in [0.1, 0.15) is 0 Å². The van der Waals surface area contributed by atoms with Crippen molar-refractivity contribution in [3.05, 3.63) is 0 Å². The molecule has 0 rings (SSSR count). The molecule has 0 aliphatic carbocycles. The van der Waals surface area contributed by atoms with Gasteiger partial charge in [0.05, 0.1) is 0 Å². The summed E-state index contributed by atoms with van der Waals surface area (Å²) in [6, 6.07) is 0. The third-order valence-electron chi connectivity index (χ3n) is 0. The second kappa shape index (κ2) is 50.4. The second-order valence-corrected chi connectivity index (χ2v) is 5.09. The maximum absolute atomic E-state index is 8.74. The molecule has 0 spiro atoms. The van der Waals surface area contributed by atoms with E-state index < -0.39 is 55.0 Å². The van der Waals surface area contributed by atoms with Crippen LogP contribution in [-0.2, 0) is 26.8 Å². The minimum atomic E-state index is -3.13. The minimum absolute atomic E-state index is 0. The van der Waals surface area contributed by atoms with E-state index in [1.807, 2.05) is 0 Å². The molecule has 12 N–H and O–H groups in total. The molecule has 0 saturated heterocycles. The van der Waals surface area contributed by atoms with E-state index in [9.17, 15) is 0 Å². The van der Waals surface area contributed by atoms with Crippen LogP contribution in [0.4, 0.5) is 0 Å². The number of rotatable bonds is 0. The van der Waals surface area contributed by atoms with Crippen LogP contribution in [0.3, 0.4) is 0 Å². The van der Waals surface area contributed by atoms with Gasteiger partial charge in [-0.1, -0.05) is 0 Å². The summed E-state index contributed by atoms with van der Waals surface area (Å²) in [5.41, 5.74) is 0. The average molecular weight is 541 g/mol. The molecule has 0 heterocycles. The summed E-state index contributed by atoms with van der Waals surface area (Å²) in [7, 11) is -18.8. The van der Waals surface area contributed by atoms with Crippen molar-refractivity contribution in [1.29, 1.82) is 0 Å². The third-order valence-corrected chi connectivity index (χ3v) is 0. The molecule has 0 aliphatic rings. The Morgan fingerprint density at radius 1 is 0.259 bits per heavy atom. The topological polar surface area (TPSA) is 345 Å². The Morgan fingerprint density at radius 2 is 0.259 bits per heavy atom. The van der Waals surface area contributed by atoms with Gasteiger partial charge in [0.1, 0.15) is 0 Å².